The minimum Gasteiger partial charge on any atom is -0.355 e. The summed E-state index contributed by atoms with van der Waals surface area (Å²) >= 11 is 0. The standard InChI is InChI=1S/C24H29N5O4/c1-16(30)26-20-7-9-21(10-8-20)27-23(32)15-28-11-12-29(17(2)31)22(14-28)18-5-4-6-19(13-18)24(33)25-3/h4-10,13,22H,11-12,14-15H2,1-3H3,(H,25,33)(H,26,30)(H,27,32)/t22-/m1/s1. The highest BCUT2D eigenvalue weighted by Gasteiger charge is 2.31. The van der Waals surface area contributed by atoms with Crippen molar-refractivity contribution >= 4 is 35.0 Å². The molecule has 1 aliphatic rings. The van der Waals surface area contributed by atoms with Crippen molar-refractivity contribution in [1.29, 1.82) is 0 Å². The van der Waals surface area contributed by atoms with Gasteiger partial charge in [-0.15, -0.1) is 0 Å². The lowest BCUT2D eigenvalue weighted by atomic mass is 9.99. The molecule has 1 saturated heterocycles. The van der Waals surface area contributed by atoms with Crippen LogP contribution in [0.4, 0.5) is 11.4 Å². The van der Waals surface area contributed by atoms with Crippen LogP contribution in [-0.4, -0.2) is 66.7 Å². The first-order chi connectivity index (χ1) is 15.8. The van der Waals surface area contributed by atoms with Crippen LogP contribution in [0.15, 0.2) is 48.5 Å². The molecule has 0 bridgehead atoms. The maximum absolute atomic E-state index is 12.6. The molecular formula is C24H29N5O4. The minimum atomic E-state index is -0.259. The predicted octanol–water partition coefficient (Wildman–Crippen LogP) is 1.85. The van der Waals surface area contributed by atoms with Crippen LogP contribution in [0.5, 0.6) is 0 Å². The van der Waals surface area contributed by atoms with Gasteiger partial charge in [-0.1, -0.05) is 12.1 Å². The fourth-order valence-electron chi connectivity index (χ4n) is 3.92. The number of carbonyl (C=O) groups is 4. The molecule has 0 spiro atoms. The van der Waals surface area contributed by atoms with Crippen molar-refractivity contribution in [2.24, 2.45) is 0 Å². The van der Waals surface area contributed by atoms with Crippen LogP contribution < -0.4 is 16.0 Å². The third-order valence-electron chi connectivity index (χ3n) is 5.49. The predicted molar refractivity (Wildman–Crippen MR) is 126 cm³/mol. The summed E-state index contributed by atoms with van der Waals surface area (Å²) in [5.41, 5.74) is 2.66. The number of carbonyl (C=O) groups excluding carboxylic acids is 4. The summed E-state index contributed by atoms with van der Waals surface area (Å²) in [6.45, 7) is 4.67. The highest BCUT2D eigenvalue weighted by atomic mass is 16.2. The van der Waals surface area contributed by atoms with E-state index in [0.717, 1.165) is 5.56 Å². The molecule has 3 rings (SSSR count). The lowest BCUT2D eigenvalue weighted by Gasteiger charge is -2.41. The number of hydrogen-bond donors (Lipinski definition) is 3. The van der Waals surface area contributed by atoms with Gasteiger partial charge in [-0.2, -0.15) is 0 Å². The average Bonchev–Trinajstić information content (AvgIpc) is 2.79. The van der Waals surface area contributed by atoms with Crippen molar-refractivity contribution in [2.45, 2.75) is 19.9 Å². The van der Waals surface area contributed by atoms with Gasteiger partial charge in [0.05, 0.1) is 12.6 Å². The van der Waals surface area contributed by atoms with E-state index in [9.17, 15) is 19.2 Å². The number of rotatable bonds is 6. The molecule has 3 N–H and O–H groups in total. The zero-order valence-electron chi connectivity index (χ0n) is 19.1. The molecule has 1 fully saturated rings. The van der Waals surface area contributed by atoms with Crippen LogP contribution in [0.25, 0.3) is 0 Å². The number of nitrogens with zero attached hydrogens (tertiary/aromatic N) is 2. The second kappa shape index (κ2) is 10.7. The quantitative estimate of drug-likeness (QED) is 0.621. The normalized spacial score (nSPS) is 16.1. The van der Waals surface area contributed by atoms with Crippen LogP contribution in [0.2, 0.25) is 0 Å². The number of piperazine rings is 1. The molecule has 0 radical (unpaired) electrons. The van der Waals surface area contributed by atoms with E-state index in [1.165, 1.54) is 13.8 Å². The number of hydrogen-bond acceptors (Lipinski definition) is 5. The van der Waals surface area contributed by atoms with E-state index < -0.39 is 0 Å². The molecule has 0 unspecified atom stereocenters. The smallest absolute Gasteiger partial charge is 0.251 e. The number of amides is 4. The third kappa shape index (κ3) is 6.39. The molecule has 0 aliphatic carbocycles. The summed E-state index contributed by atoms with van der Waals surface area (Å²) in [5, 5.41) is 8.16. The van der Waals surface area contributed by atoms with Crippen LogP contribution in [0, 0.1) is 0 Å². The molecule has 1 heterocycles. The monoisotopic (exact) mass is 451 g/mol. The van der Waals surface area contributed by atoms with E-state index in [-0.39, 0.29) is 36.2 Å². The van der Waals surface area contributed by atoms with Gasteiger partial charge in [-0.25, -0.2) is 0 Å². The first-order valence-electron chi connectivity index (χ1n) is 10.8. The summed E-state index contributed by atoms with van der Waals surface area (Å²) in [4.78, 5) is 51.8. The fraction of sp³-hybridized carbons (Fsp3) is 0.333. The van der Waals surface area contributed by atoms with Gasteiger partial charge in [0.2, 0.25) is 17.7 Å². The van der Waals surface area contributed by atoms with E-state index in [1.54, 1.807) is 54.4 Å². The first kappa shape index (κ1) is 23.9. The van der Waals surface area contributed by atoms with Crippen molar-refractivity contribution < 1.29 is 19.2 Å². The van der Waals surface area contributed by atoms with Gasteiger partial charge < -0.3 is 20.9 Å². The van der Waals surface area contributed by atoms with Crippen LogP contribution in [0.3, 0.4) is 0 Å². The molecule has 33 heavy (non-hydrogen) atoms. The van der Waals surface area contributed by atoms with Gasteiger partial charge in [-0.05, 0) is 42.0 Å². The second-order valence-electron chi connectivity index (χ2n) is 7.97. The maximum Gasteiger partial charge on any atom is 0.251 e. The molecule has 2 aromatic rings. The molecule has 174 valence electrons. The van der Waals surface area contributed by atoms with E-state index in [0.29, 0.717) is 36.6 Å². The number of nitrogens with one attached hydrogen (secondary N) is 3. The zero-order valence-corrected chi connectivity index (χ0v) is 19.1. The largest absolute Gasteiger partial charge is 0.355 e. The van der Waals surface area contributed by atoms with E-state index in [1.807, 2.05) is 11.0 Å². The van der Waals surface area contributed by atoms with Gasteiger partial charge in [0, 0.05) is 57.5 Å². The second-order valence-corrected chi connectivity index (χ2v) is 7.97. The Labute approximate surface area is 193 Å². The fourth-order valence-corrected chi connectivity index (χ4v) is 3.92. The molecule has 4 amide bonds. The van der Waals surface area contributed by atoms with Crippen molar-refractivity contribution in [3.05, 3.63) is 59.7 Å². The average molecular weight is 452 g/mol. The summed E-state index contributed by atoms with van der Waals surface area (Å²) in [7, 11) is 1.57. The minimum absolute atomic E-state index is 0.0475. The summed E-state index contributed by atoms with van der Waals surface area (Å²) < 4.78 is 0. The van der Waals surface area contributed by atoms with Crippen molar-refractivity contribution in [2.75, 3.05) is 43.9 Å². The van der Waals surface area contributed by atoms with Crippen molar-refractivity contribution in [3.8, 4) is 0 Å². The zero-order chi connectivity index (χ0) is 24.0. The Balaban J connectivity index is 1.67. The molecule has 9 nitrogen and oxygen atoms in total. The van der Waals surface area contributed by atoms with Gasteiger partial charge in [-0.3, -0.25) is 24.1 Å². The Bertz CT molecular complexity index is 1040. The van der Waals surface area contributed by atoms with Gasteiger partial charge >= 0.3 is 0 Å². The molecule has 0 aromatic heterocycles. The Morgan fingerprint density at radius 2 is 1.61 bits per heavy atom. The van der Waals surface area contributed by atoms with Gasteiger partial charge in [0.1, 0.15) is 0 Å². The first-order valence-corrected chi connectivity index (χ1v) is 10.8. The third-order valence-corrected chi connectivity index (χ3v) is 5.49. The number of anilines is 2. The van der Waals surface area contributed by atoms with Gasteiger partial charge in [0.25, 0.3) is 5.91 Å². The van der Waals surface area contributed by atoms with Crippen molar-refractivity contribution in [1.82, 2.24) is 15.1 Å². The topological polar surface area (TPSA) is 111 Å². The summed E-state index contributed by atoms with van der Waals surface area (Å²) in [5.74, 6) is -0.570. The summed E-state index contributed by atoms with van der Waals surface area (Å²) in [6.07, 6.45) is 0. The highest BCUT2D eigenvalue weighted by Crippen LogP contribution is 2.26. The highest BCUT2D eigenvalue weighted by molar-refractivity contribution is 5.94. The maximum atomic E-state index is 12.6. The van der Waals surface area contributed by atoms with E-state index in [2.05, 4.69) is 16.0 Å². The lowest BCUT2D eigenvalue weighted by molar-refractivity contribution is -0.134. The Morgan fingerprint density at radius 3 is 2.21 bits per heavy atom. The lowest BCUT2D eigenvalue weighted by Crippen LogP contribution is -2.51. The number of benzene rings is 2. The van der Waals surface area contributed by atoms with Crippen LogP contribution >= 0.6 is 0 Å². The molecule has 9 heteroatoms. The molecule has 0 saturated carbocycles. The molecule has 1 atom stereocenters. The van der Waals surface area contributed by atoms with Crippen LogP contribution in [-0.2, 0) is 14.4 Å². The molecule has 2 aromatic carbocycles. The Kier molecular flexibility index (Phi) is 7.78. The molecular weight excluding hydrogens is 422 g/mol. The molecule has 1 aliphatic heterocycles. The SMILES string of the molecule is CNC(=O)c1cccc([C@H]2CN(CC(=O)Nc3ccc(NC(C)=O)cc3)CCN2C(C)=O)c1. The van der Waals surface area contributed by atoms with Gasteiger partial charge in [0.15, 0.2) is 0 Å². The van der Waals surface area contributed by atoms with E-state index >= 15 is 0 Å². The van der Waals surface area contributed by atoms with Crippen molar-refractivity contribution in [3.63, 3.8) is 0 Å². The van der Waals surface area contributed by atoms with E-state index in [4.69, 9.17) is 0 Å². The Morgan fingerprint density at radius 1 is 0.939 bits per heavy atom. The Hall–Kier alpha value is -3.72. The van der Waals surface area contributed by atoms with Crippen LogP contribution in [0.1, 0.15) is 35.8 Å². The summed E-state index contributed by atoms with van der Waals surface area (Å²) in [6, 6.07) is 13.8.